The number of guanidine groups is 1. The summed E-state index contributed by atoms with van der Waals surface area (Å²) >= 11 is 0. The lowest BCUT2D eigenvalue weighted by Gasteiger charge is -2.11. The molecule has 1 aliphatic rings. The van der Waals surface area contributed by atoms with Crippen LogP contribution in [0.15, 0.2) is 35.3 Å². The van der Waals surface area contributed by atoms with E-state index < -0.39 is 0 Å². The van der Waals surface area contributed by atoms with Gasteiger partial charge in [-0.05, 0) is 30.9 Å². The van der Waals surface area contributed by atoms with Gasteiger partial charge in [0, 0.05) is 19.3 Å². The summed E-state index contributed by atoms with van der Waals surface area (Å²) in [7, 11) is 1.71. The molecule has 1 saturated carbocycles. The minimum absolute atomic E-state index is 0.0828. The Bertz CT molecular complexity index is 440. The van der Waals surface area contributed by atoms with Crippen molar-refractivity contribution in [2.24, 2.45) is 10.9 Å². The van der Waals surface area contributed by atoms with Gasteiger partial charge in [0.1, 0.15) is 0 Å². The maximum Gasteiger partial charge on any atom is 0.243 e. The van der Waals surface area contributed by atoms with Gasteiger partial charge >= 0.3 is 0 Å². The molecular formula is C14H20N4O. The van der Waals surface area contributed by atoms with Crippen molar-refractivity contribution in [3.05, 3.63) is 30.3 Å². The molecule has 3 N–H and O–H groups in total. The molecule has 1 aromatic rings. The molecule has 1 aromatic carbocycles. The van der Waals surface area contributed by atoms with Gasteiger partial charge in [0.25, 0.3) is 0 Å². The lowest BCUT2D eigenvalue weighted by molar-refractivity contribution is -0.115. The van der Waals surface area contributed by atoms with Crippen LogP contribution in [0.25, 0.3) is 0 Å². The van der Waals surface area contributed by atoms with Crippen molar-refractivity contribution in [1.29, 1.82) is 0 Å². The van der Waals surface area contributed by atoms with E-state index in [4.69, 9.17) is 0 Å². The first-order valence-electron chi connectivity index (χ1n) is 6.57. The van der Waals surface area contributed by atoms with Gasteiger partial charge in [-0.2, -0.15) is 0 Å². The van der Waals surface area contributed by atoms with Crippen LogP contribution >= 0.6 is 0 Å². The number of rotatable bonds is 5. The number of benzene rings is 1. The summed E-state index contributed by atoms with van der Waals surface area (Å²) in [5, 5.41) is 9.02. The number of anilines is 1. The van der Waals surface area contributed by atoms with Crippen LogP contribution in [0, 0.1) is 5.92 Å². The summed E-state index contributed by atoms with van der Waals surface area (Å²) in [4.78, 5) is 15.8. The van der Waals surface area contributed by atoms with Crippen LogP contribution in [0.1, 0.15) is 12.8 Å². The van der Waals surface area contributed by atoms with E-state index in [9.17, 15) is 4.79 Å². The first-order valence-corrected chi connectivity index (χ1v) is 6.57. The van der Waals surface area contributed by atoms with Gasteiger partial charge in [-0.25, -0.2) is 0 Å². The largest absolute Gasteiger partial charge is 0.356 e. The van der Waals surface area contributed by atoms with Gasteiger partial charge in [0.15, 0.2) is 5.96 Å². The van der Waals surface area contributed by atoms with Gasteiger partial charge in [-0.3, -0.25) is 9.79 Å². The van der Waals surface area contributed by atoms with E-state index in [0.29, 0.717) is 5.96 Å². The molecule has 2 rings (SSSR count). The topological polar surface area (TPSA) is 65.5 Å². The fraction of sp³-hybridized carbons (Fsp3) is 0.429. The summed E-state index contributed by atoms with van der Waals surface area (Å²) < 4.78 is 0. The normalized spacial score (nSPS) is 14.9. The Balaban J connectivity index is 1.69. The second kappa shape index (κ2) is 6.78. The van der Waals surface area contributed by atoms with Crippen LogP contribution in [-0.2, 0) is 4.79 Å². The highest BCUT2D eigenvalue weighted by Crippen LogP contribution is 2.27. The maximum absolute atomic E-state index is 11.7. The molecule has 0 heterocycles. The second-order valence-electron chi connectivity index (χ2n) is 4.66. The average molecular weight is 260 g/mol. The SMILES string of the molecule is CN=C(NCC(=O)Nc1ccccc1)NCC1CC1. The number of hydrogen-bond acceptors (Lipinski definition) is 2. The van der Waals surface area contributed by atoms with Crippen molar-refractivity contribution in [2.45, 2.75) is 12.8 Å². The molecule has 5 heteroatoms. The quantitative estimate of drug-likeness (QED) is 0.550. The first-order chi connectivity index (χ1) is 9.28. The number of carbonyl (C=O) groups excluding carboxylic acids is 1. The number of hydrogen-bond donors (Lipinski definition) is 3. The van der Waals surface area contributed by atoms with Gasteiger partial charge in [-0.1, -0.05) is 18.2 Å². The van der Waals surface area contributed by atoms with Gasteiger partial charge < -0.3 is 16.0 Å². The number of para-hydroxylation sites is 1. The van der Waals surface area contributed by atoms with E-state index in [-0.39, 0.29) is 12.5 Å². The fourth-order valence-corrected chi connectivity index (χ4v) is 1.67. The van der Waals surface area contributed by atoms with E-state index in [1.165, 1.54) is 12.8 Å². The molecule has 19 heavy (non-hydrogen) atoms. The molecule has 0 saturated heterocycles. The predicted molar refractivity (Wildman–Crippen MR) is 77.2 cm³/mol. The third kappa shape index (κ3) is 4.99. The molecule has 0 spiro atoms. The molecule has 102 valence electrons. The zero-order valence-corrected chi connectivity index (χ0v) is 11.1. The molecule has 0 atom stereocenters. The predicted octanol–water partition coefficient (Wildman–Crippen LogP) is 1.20. The van der Waals surface area contributed by atoms with Crippen molar-refractivity contribution in [3.8, 4) is 0 Å². The molecular weight excluding hydrogens is 240 g/mol. The summed E-state index contributed by atoms with van der Waals surface area (Å²) in [5.74, 6) is 1.37. The summed E-state index contributed by atoms with van der Waals surface area (Å²) in [6.07, 6.45) is 2.58. The molecule has 1 aliphatic carbocycles. The van der Waals surface area contributed by atoms with Gasteiger partial charge in [-0.15, -0.1) is 0 Å². The minimum atomic E-state index is -0.0828. The zero-order valence-electron chi connectivity index (χ0n) is 11.1. The Labute approximate surface area is 113 Å². The molecule has 0 bridgehead atoms. The average Bonchev–Trinajstić information content (AvgIpc) is 3.24. The number of carbonyl (C=O) groups is 1. The third-order valence-electron chi connectivity index (χ3n) is 2.95. The van der Waals surface area contributed by atoms with E-state index >= 15 is 0 Å². The third-order valence-corrected chi connectivity index (χ3v) is 2.95. The van der Waals surface area contributed by atoms with Gasteiger partial charge in [0.05, 0.1) is 6.54 Å². The van der Waals surface area contributed by atoms with Gasteiger partial charge in [0.2, 0.25) is 5.91 Å². The van der Waals surface area contributed by atoms with Crippen LogP contribution in [0.3, 0.4) is 0 Å². The fourth-order valence-electron chi connectivity index (χ4n) is 1.67. The zero-order chi connectivity index (χ0) is 13.5. The molecule has 0 radical (unpaired) electrons. The van der Waals surface area contributed by atoms with Crippen LogP contribution < -0.4 is 16.0 Å². The van der Waals surface area contributed by atoms with Crippen molar-refractivity contribution in [1.82, 2.24) is 10.6 Å². The van der Waals surface area contributed by atoms with Crippen LogP contribution in [0.2, 0.25) is 0 Å². The van der Waals surface area contributed by atoms with E-state index in [1.54, 1.807) is 7.05 Å². The lowest BCUT2D eigenvalue weighted by Crippen LogP contribution is -2.42. The molecule has 1 fully saturated rings. The van der Waals surface area contributed by atoms with E-state index in [1.807, 2.05) is 30.3 Å². The molecule has 1 amide bonds. The number of aliphatic imine (C=N–C) groups is 1. The number of amides is 1. The smallest absolute Gasteiger partial charge is 0.243 e. The Morgan fingerprint density at radius 1 is 1.26 bits per heavy atom. The summed E-state index contributed by atoms with van der Waals surface area (Å²) in [5.41, 5.74) is 0.801. The molecule has 0 aliphatic heterocycles. The Morgan fingerprint density at radius 2 is 2.00 bits per heavy atom. The molecule has 5 nitrogen and oxygen atoms in total. The maximum atomic E-state index is 11.7. The molecule has 0 aromatic heterocycles. The van der Waals surface area contributed by atoms with Crippen molar-refractivity contribution < 1.29 is 4.79 Å². The number of nitrogens with zero attached hydrogens (tertiary/aromatic N) is 1. The van der Waals surface area contributed by atoms with Crippen molar-refractivity contribution in [3.63, 3.8) is 0 Å². The Kier molecular flexibility index (Phi) is 4.78. The highest BCUT2D eigenvalue weighted by atomic mass is 16.1. The summed E-state index contributed by atoms with van der Waals surface area (Å²) in [6.45, 7) is 1.14. The van der Waals surface area contributed by atoms with Crippen molar-refractivity contribution in [2.75, 3.05) is 25.5 Å². The summed E-state index contributed by atoms with van der Waals surface area (Å²) in [6, 6.07) is 9.41. The lowest BCUT2D eigenvalue weighted by atomic mass is 10.3. The van der Waals surface area contributed by atoms with E-state index in [2.05, 4.69) is 20.9 Å². The number of nitrogens with one attached hydrogen (secondary N) is 3. The highest BCUT2D eigenvalue weighted by molar-refractivity contribution is 5.94. The van der Waals surface area contributed by atoms with Crippen molar-refractivity contribution >= 4 is 17.6 Å². The highest BCUT2D eigenvalue weighted by Gasteiger charge is 2.21. The molecule has 0 unspecified atom stereocenters. The van der Waals surface area contributed by atoms with Crippen LogP contribution in [-0.4, -0.2) is 32.0 Å². The van der Waals surface area contributed by atoms with E-state index in [0.717, 1.165) is 18.2 Å². The Morgan fingerprint density at radius 3 is 2.63 bits per heavy atom. The Hall–Kier alpha value is -2.04. The second-order valence-corrected chi connectivity index (χ2v) is 4.66. The monoisotopic (exact) mass is 260 g/mol. The standard InChI is InChI=1S/C14H20N4O/c1-15-14(16-9-11-7-8-11)17-10-13(19)18-12-5-3-2-4-6-12/h2-6,11H,7-10H2,1H3,(H,18,19)(H2,15,16,17). The first kappa shape index (κ1) is 13.4. The van der Waals surface area contributed by atoms with Crippen LogP contribution in [0.4, 0.5) is 5.69 Å². The van der Waals surface area contributed by atoms with Crippen LogP contribution in [0.5, 0.6) is 0 Å². The minimum Gasteiger partial charge on any atom is -0.356 e.